The first-order valence-corrected chi connectivity index (χ1v) is 12.6. The number of fused-ring (bicyclic) bond motifs is 1. The van der Waals surface area contributed by atoms with Gasteiger partial charge >= 0.3 is 0 Å². The van der Waals surface area contributed by atoms with Crippen molar-refractivity contribution in [2.45, 2.75) is 11.4 Å². The minimum absolute atomic E-state index is 0.0518. The minimum atomic E-state index is -3.75. The van der Waals surface area contributed by atoms with E-state index in [9.17, 15) is 23.3 Å². The second kappa shape index (κ2) is 10.2. The molecule has 0 saturated heterocycles. The van der Waals surface area contributed by atoms with Crippen molar-refractivity contribution < 1.29 is 22.9 Å². The Bertz CT molecular complexity index is 1560. The van der Waals surface area contributed by atoms with Crippen LogP contribution in [0.15, 0.2) is 82.7 Å². The summed E-state index contributed by atoms with van der Waals surface area (Å²) in [7, 11) is -2.20. The maximum Gasteiger partial charge on any atom is 0.279 e. The molecule has 1 amide bonds. The van der Waals surface area contributed by atoms with E-state index < -0.39 is 20.9 Å². The number of carbonyl (C=O) groups excluding carboxylic acids is 1. The molecule has 4 rings (SSSR count). The molecule has 0 unspecified atom stereocenters. The van der Waals surface area contributed by atoms with Crippen molar-refractivity contribution in [3.05, 3.63) is 93.3 Å². The number of carbonyl (C=O) groups is 1. The molecule has 0 saturated carbocycles. The Morgan fingerprint density at radius 2 is 1.83 bits per heavy atom. The van der Waals surface area contributed by atoms with Crippen LogP contribution in [0.5, 0.6) is 0 Å². The summed E-state index contributed by atoms with van der Waals surface area (Å²) in [6.07, 6.45) is 0. The van der Waals surface area contributed by atoms with Gasteiger partial charge in [-0.15, -0.1) is 0 Å². The van der Waals surface area contributed by atoms with Crippen LogP contribution < -0.4 is 9.52 Å². The molecule has 0 aliphatic carbocycles. The molecule has 3 aromatic carbocycles. The third kappa shape index (κ3) is 5.45. The topological polar surface area (TPSA) is 133 Å². The van der Waals surface area contributed by atoms with Crippen molar-refractivity contribution in [2.75, 3.05) is 18.4 Å². The van der Waals surface area contributed by atoms with Crippen molar-refractivity contribution in [1.82, 2.24) is 4.57 Å². The Morgan fingerprint density at radius 1 is 1.11 bits per heavy atom. The highest BCUT2D eigenvalue weighted by molar-refractivity contribution is 7.92. The van der Waals surface area contributed by atoms with E-state index in [1.807, 2.05) is 0 Å². The summed E-state index contributed by atoms with van der Waals surface area (Å²) < 4.78 is 35.0. The maximum atomic E-state index is 12.9. The lowest BCUT2D eigenvalue weighted by Gasteiger charge is -2.08. The number of ether oxygens (including phenoxy) is 1. The number of nitrogens with one attached hydrogen (secondary N) is 1. The van der Waals surface area contributed by atoms with E-state index in [4.69, 9.17) is 4.74 Å². The van der Waals surface area contributed by atoms with Gasteiger partial charge in [0.1, 0.15) is 0 Å². The molecular weight excluding hydrogens is 492 g/mol. The molecule has 4 aromatic rings. The molecule has 0 aliphatic rings. The van der Waals surface area contributed by atoms with Crippen LogP contribution >= 0.6 is 11.3 Å². The number of aromatic nitrogens is 1. The maximum absolute atomic E-state index is 12.9. The average molecular weight is 513 g/mol. The molecule has 12 heteroatoms. The first-order valence-electron chi connectivity index (χ1n) is 10.3. The van der Waals surface area contributed by atoms with E-state index in [1.165, 1.54) is 48.5 Å². The standard InChI is InChI=1S/C23H20N4O6S2/c1-33-14-13-26-20-12-11-18(27(29)30)15-21(20)34-23(26)24-22(28)16-7-9-17(10-8-16)25-35(31,32)19-5-3-2-4-6-19/h2-12,15,25H,13-14H2,1H3. The van der Waals surface area contributed by atoms with Gasteiger partial charge in [0.15, 0.2) is 4.80 Å². The third-order valence-electron chi connectivity index (χ3n) is 5.03. The van der Waals surface area contributed by atoms with Gasteiger partial charge in [0.05, 0.1) is 26.6 Å². The lowest BCUT2D eigenvalue weighted by Crippen LogP contribution is -2.19. The van der Waals surface area contributed by atoms with Crippen molar-refractivity contribution in [1.29, 1.82) is 0 Å². The summed E-state index contributed by atoms with van der Waals surface area (Å²) >= 11 is 1.16. The monoisotopic (exact) mass is 512 g/mol. The van der Waals surface area contributed by atoms with Crippen molar-refractivity contribution in [3.8, 4) is 0 Å². The second-order valence-corrected chi connectivity index (χ2v) is 10.0. The third-order valence-corrected chi connectivity index (χ3v) is 7.47. The number of anilines is 1. The highest BCUT2D eigenvalue weighted by Crippen LogP contribution is 2.23. The van der Waals surface area contributed by atoms with Crippen molar-refractivity contribution >= 4 is 48.9 Å². The normalized spacial score (nSPS) is 12.1. The number of benzene rings is 3. The van der Waals surface area contributed by atoms with E-state index in [2.05, 4.69) is 9.71 Å². The van der Waals surface area contributed by atoms with Gasteiger partial charge in [-0.1, -0.05) is 29.5 Å². The Kier molecular flexibility index (Phi) is 7.05. The first kappa shape index (κ1) is 24.3. The van der Waals surface area contributed by atoms with Crippen molar-refractivity contribution in [3.63, 3.8) is 0 Å². The first-order chi connectivity index (χ1) is 16.8. The number of amides is 1. The number of methoxy groups -OCH3 is 1. The molecule has 0 atom stereocenters. The van der Waals surface area contributed by atoms with Crippen LogP contribution in [-0.4, -0.2) is 37.5 Å². The number of nitro benzene ring substituents is 1. The summed E-state index contributed by atoms with van der Waals surface area (Å²) in [4.78, 5) is 28.2. The molecule has 1 N–H and O–H groups in total. The smallest absolute Gasteiger partial charge is 0.279 e. The highest BCUT2D eigenvalue weighted by atomic mass is 32.2. The lowest BCUT2D eigenvalue weighted by molar-refractivity contribution is -0.384. The summed E-state index contributed by atoms with van der Waals surface area (Å²) in [6, 6.07) is 18.3. The van der Waals surface area contributed by atoms with Crippen LogP contribution in [0, 0.1) is 10.1 Å². The van der Waals surface area contributed by atoms with Gasteiger partial charge in [-0.3, -0.25) is 19.6 Å². The van der Waals surface area contributed by atoms with E-state index in [0.29, 0.717) is 33.9 Å². The van der Waals surface area contributed by atoms with Gasteiger partial charge in [0.25, 0.3) is 21.6 Å². The van der Waals surface area contributed by atoms with E-state index >= 15 is 0 Å². The van der Waals surface area contributed by atoms with E-state index in [1.54, 1.807) is 35.9 Å². The quantitative estimate of drug-likeness (QED) is 0.282. The molecule has 1 aromatic heterocycles. The molecule has 0 aliphatic heterocycles. The predicted octanol–water partition coefficient (Wildman–Crippen LogP) is 3.80. The molecule has 0 fully saturated rings. The molecule has 0 radical (unpaired) electrons. The minimum Gasteiger partial charge on any atom is -0.383 e. The van der Waals surface area contributed by atoms with Crippen molar-refractivity contribution in [2.24, 2.45) is 4.99 Å². The molecule has 180 valence electrons. The summed E-state index contributed by atoms with van der Waals surface area (Å²) in [5.41, 5.74) is 1.21. The van der Waals surface area contributed by atoms with Gasteiger partial charge in [0.2, 0.25) is 0 Å². The van der Waals surface area contributed by atoms with Crippen LogP contribution in [0.25, 0.3) is 10.2 Å². The fourth-order valence-electron chi connectivity index (χ4n) is 3.31. The number of non-ortho nitro benzene ring substituents is 1. The van der Waals surface area contributed by atoms with E-state index in [0.717, 1.165) is 11.3 Å². The molecule has 1 heterocycles. The Morgan fingerprint density at radius 3 is 2.49 bits per heavy atom. The number of nitrogens with zero attached hydrogens (tertiary/aromatic N) is 3. The average Bonchev–Trinajstić information content (AvgIpc) is 3.19. The summed E-state index contributed by atoms with van der Waals surface area (Å²) in [5, 5.41) is 11.1. The summed E-state index contributed by atoms with van der Waals surface area (Å²) in [6.45, 7) is 0.765. The fourth-order valence-corrected chi connectivity index (χ4v) is 5.47. The van der Waals surface area contributed by atoms with Crippen LogP contribution in [0.2, 0.25) is 0 Å². The second-order valence-electron chi connectivity index (χ2n) is 7.35. The van der Waals surface area contributed by atoms with Crippen LogP contribution in [0.4, 0.5) is 11.4 Å². The van der Waals surface area contributed by atoms with Crippen LogP contribution in [0.3, 0.4) is 0 Å². The van der Waals surface area contributed by atoms with Gasteiger partial charge in [-0.05, 0) is 42.5 Å². The van der Waals surface area contributed by atoms with Gasteiger partial charge < -0.3 is 9.30 Å². The molecule has 35 heavy (non-hydrogen) atoms. The van der Waals surface area contributed by atoms with E-state index in [-0.39, 0.29) is 16.1 Å². The molecule has 10 nitrogen and oxygen atoms in total. The van der Waals surface area contributed by atoms with Crippen LogP contribution in [0.1, 0.15) is 10.4 Å². The fraction of sp³-hybridized carbons (Fsp3) is 0.130. The SMILES string of the molecule is COCCn1c(=NC(=O)c2ccc(NS(=O)(=O)c3ccccc3)cc2)sc2cc([N+](=O)[O-])ccc21. The number of hydrogen-bond acceptors (Lipinski definition) is 7. The Labute approximate surface area is 204 Å². The molecule has 0 bridgehead atoms. The summed E-state index contributed by atoms with van der Waals surface area (Å²) in [5.74, 6) is -0.533. The molecular formula is C23H20N4O6S2. The van der Waals surface area contributed by atoms with Gasteiger partial charge in [-0.2, -0.15) is 4.99 Å². The van der Waals surface area contributed by atoms with Crippen LogP contribution in [-0.2, 0) is 21.3 Å². The molecule has 0 spiro atoms. The van der Waals surface area contributed by atoms with Gasteiger partial charge in [-0.25, -0.2) is 8.42 Å². The largest absolute Gasteiger partial charge is 0.383 e. The highest BCUT2D eigenvalue weighted by Gasteiger charge is 2.15. The Balaban J connectivity index is 1.63. The zero-order valence-electron chi connectivity index (χ0n) is 18.5. The number of hydrogen-bond donors (Lipinski definition) is 1. The Hall–Kier alpha value is -3.87. The number of thiazole rings is 1. The lowest BCUT2D eigenvalue weighted by atomic mass is 10.2. The van der Waals surface area contributed by atoms with Gasteiger partial charge in [0, 0.05) is 37.0 Å². The number of rotatable bonds is 8. The number of nitro groups is 1. The zero-order valence-corrected chi connectivity index (χ0v) is 20.1. The zero-order chi connectivity index (χ0) is 25.0. The number of sulfonamides is 1. The predicted molar refractivity (Wildman–Crippen MR) is 132 cm³/mol.